The van der Waals surface area contributed by atoms with Gasteiger partial charge in [0.1, 0.15) is 12.1 Å². The maximum atomic E-state index is 13.9. The zero-order chi connectivity index (χ0) is 21.8. The van der Waals surface area contributed by atoms with Gasteiger partial charge in [-0.1, -0.05) is 12.1 Å². The molecule has 0 unspecified atom stereocenters. The first-order valence-electron chi connectivity index (χ1n) is 9.56. The molecule has 0 aliphatic rings. The summed E-state index contributed by atoms with van der Waals surface area (Å²) in [5, 5.41) is 5.25. The third-order valence-corrected chi connectivity index (χ3v) is 4.10. The molecule has 0 aliphatic carbocycles. The van der Waals surface area contributed by atoms with Crippen LogP contribution in [0.4, 0.5) is 14.9 Å². The Hall–Kier alpha value is -2.98. The van der Waals surface area contributed by atoms with Crippen molar-refractivity contribution in [2.75, 3.05) is 45.8 Å². The number of oxazole rings is 1. The number of halogens is 1. The molecule has 0 spiro atoms. The van der Waals surface area contributed by atoms with Crippen molar-refractivity contribution in [2.45, 2.75) is 19.4 Å². The highest BCUT2D eigenvalue weighted by atomic mass is 19.1. The molecule has 0 atom stereocenters. The van der Waals surface area contributed by atoms with E-state index in [4.69, 9.17) is 13.9 Å². The van der Waals surface area contributed by atoms with Gasteiger partial charge in [-0.3, -0.25) is 4.79 Å². The number of para-hydroxylation sites is 1. The Morgan fingerprint density at radius 3 is 2.63 bits per heavy atom. The number of ether oxygens (including phenoxy) is 2. The predicted molar refractivity (Wildman–Crippen MR) is 108 cm³/mol. The van der Waals surface area contributed by atoms with Crippen molar-refractivity contribution >= 4 is 17.6 Å². The van der Waals surface area contributed by atoms with Crippen LogP contribution in [0.25, 0.3) is 0 Å². The molecule has 2 rings (SSSR count). The average molecular weight is 422 g/mol. The lowest BCUT2D eigenvalue weighted by atomic mass is 10.3. The van der Waals surface area contributed by atoms with Crippen molar-refractivity contribution in [1.82, 2.24) is 15.2 Å². The van der Waals surface area contributed by atoms with E-state index in [9.17, 15) is 14.0 Å². The van der Waals surface area contributed by atoms with Crippen LogP contribution in [0.1, 0.15) is 29.2 Å². The summed E-state index contributed by atoms with van der Waals surface area (Å²) in [7, 11) is 3.15. The molecule has 1 aromatic carbocycles. The lowest BCUT2D eigenvalue weighted by Crippen LogP contribution is -2.36. The van der Waals surface area contributed by atoms with Gasteiger partial charge >= 0.3 is 6.03 Å². The summed E-state index contributed by atoms with van der Waals surface area (Å²) in [5.74, 6) is -0.716. The fraction of sp³-hybridized carbons (Fsp3) is 0.450. The van der Waals surface area contributed by atoms with Crippen LogP contribution >= 0.6 is 0 Å². The Labute approximate surface area is 174 Å². The van der Waals surface area contributed by atoms with E-state index < -0.39 is 11.8 Å². The van der Waals surface area contributed by atoms with Crippen molar-refractivity contribution in [3.8, 4) is 0 Å². The SMILES string of the molecule is COCCCNC(=O)c1coc(CN(CCCOC)C(=O)Nc2ccccc2F)n1. The molecule has 1 heterocycles. The summed E-state index contributed by atoms with van der Waals surface area (Å²) in [6.07, 6.45) is 2.48. The summed E-state index contributed by atoms with van der Waals surface area (Å²) >= 11 is 0. The van der Waals surface area contributed by atoms with Crippen molar-refractivity contribution in [2.24, 2.45) is 0 Å². The van der Waals surface area contributed by atoms with Crippen LogP contribution in [0.15, 0.2) is 34.9 Å². The molecule has 3 amide bonds. The highest BCUT2D eigenvalue weighted by molar-refractivity contribution is 5.92. The third-order valence-electron chi connectivity index (χ3n) is 4.10. The van der Waals surface area contributed by atoms with Gasteiger partial charge < -0.3 is 29.4 Å². The zero-order valence-corrected chi connectivity index (χ0v) is 17.2. The molecule has 164 valence electrons. The van der Waals surface area contributed by atoms with Crippen LogP contribution in [0.2, 0.25) is 0 Å². The summed E-state index contributed by atoms with van der Waals surface area (Å²) < 4.78 is 29.2. The Balaban J connectivity index is 2.00. The number of urea groups is 1. The topological polar surface area (TPSA) is 106 Å². The number of carbonyl (C=O) groups is 2. The Morgan fingerprint density at radius 2 is 1.90 bits per heavy atom. The lowest BCUT2D eigenvalue weighted by molar-refractivity contribution is 0.0943. The van der Waals surface area contributed by atoms with Gasteiger partial charge in [0.15, 0.2) is 5.69 Å². The fourth-order valence-corrected chi connectivity index (χ4v) is 2.57. The van der Waals surface area contributed by atoms with Gasteiger partial charge in [-0.2, -0.15) is 0 Å². The number of carbonyl (C=O) groups excluding carboxylic acids is 2. The number of nitrogens with one attached hydrogen (secondary N) is 2. The molecule has 30 heavy (non-hydrogen) atoms. The van der Waals surface area contributed by atoms with Crippen molar-refractivity contribution < 1.29 is 27.9 Å². The molecule has 0 saturated heterocycles. The smallest absolute Gasteiger partial charge is 0.322 e. The molecule has 9 nitrogen and oxygen atoms in total. The monoisotopic (exact) mass is 422 g/mol. The second kappa shape index (κ2) is 12.6. The second-order valence-electron chi connectivity index (χ2n) is 6.41. The molecule has 0 radical (unpaired) electrons. The van der Waals surface area contributed by atoms with Crippen molar-refractivity contribution in [3.05, 3.63) is 47.9 Å². The standard InChI is InChI=1S/C20H27FN4O5/c1-28-11-5-9-22-19(26)17-14-30-18(23-17)13-25(10-6-12-29-2)20(27)24-16-8-4-3-7-15(16)21/h3-4,7-8,14H,5-6,9-13H2,1-2H3,(H,22,26)(H,24,27). The predicted octanol–water partition coefficient (Wildman–Crippen LogP) is 2.65. The van der Waals surface area contributed by atoms with Crippen molar-refractivity contribution in [3.63, 3.8) is 0 Å². The van der Waals surface area contributed by atoms with Crippen LogP contribution < -0.4 is 10.6 Å². The van der Waals surface area contributed by atoms with E-state index in [2.05, 4.69) is 15.6 Å². The summed E-state index contributed by atoms with van der Waals surface area (Å²) in [4.78, 5) is 30.3. The van der Waals surface area contributed by atoms with Gasteiger partial charge in [0.05, 0.1) is 12.2 Å². The van der Waals surface area contributed by atoms with Gasteiger partial charge in [-0.15, -0.1) is 0 Å². The van der Waals surface area contributed by atoms with E-state index in [0.29, 0.717) is 39.1 Å². The number of hydrogen-bond donors (Lipinski definition) is 2. The quantitative estimate of drug-likeness (QED) is 0.510. The summed E-state index contributed by atoms with van der Waals surface area (Å²) in [6.45, 7) is 1.78. The largest absolute Gasteiger partial charge is 0.446 e. The van der Waals surface area contributed by atoms with Crippen LogP contribution in [-0.4, -0.2) is 62.3 Å². The maximum Gasteiger partial charge on any atom is 0.322 e. The van der Waals surface area contributed by atoms with E-state index in [-0.39, 0.29) is 29.7 Å². The van der Waals surface area contributed by atoms with Crippen LogP contribution in [0.3, 0.4) is 0 Å². The molecule has 0 fully saturated rings. The molecule has 0 saturated carbocycles. The molecule has 0 bridgehead atoms. The maximum absolute atomic E-state index is 13.9. The first-order valence-corrected chi connectivity index (χ1v) is 9.56. The van der Waals surface area contributed by atoms with E-state index >= 15 is 0 Å². The molecule has 1 aromatic heterocycles. The number of benzene rings is 1. The number of rotatable bonds is 12. The van der Waals surface area contributed by atoms with Gasteiger partial charge in [-0.25, -0.2) is 14.2 Å². The van der Waals surface area contributed by atoms with Gasteiger partial charge in [0.25, 0.3) is 5.91 Å². The normalized spacial score (nSPS) is 10.6. The number of nitrogens with zero attached hydrogens (tertiary/aromatic N) is 2. The van der Waals surface area contributed by atoms with E-state index in [1.807, 2.05) is 0 Å². The molecular formula is C20H27FN4O5. The second-order valence-corrected chi connectivity index (χ2v) is 6.41. The number of hydrogen-bond acceptors (Lipinski definition) is 6. The molecule has 2 aromatic rings. The molecule has 10 heteroatoms. The van der Waals surface area contributed by atoms with Crippen molar-refractivity contribution in [1.29, 1.82) is 0 Å². The van der Waals surface area contributed by atoms with Crippen LogP contribution in [-0.2, 0) is 16.0 Å². The Morgan fingerprint density at radius 1 is 1.17 bits per heavy atom. The van der Waals surface area contributed by atoms with Crippen LogP contribution in [0.5, 0.6) is 0 Å². The van der Waals surface area contributed by atoms with Gasteiger partial charge in [0, 0.05) is 40.5 Å². The molecular weight excluding hydrogens is 395 g/mol. The minimum Gasteiger partial charge on any atom is -0.446 e. The molecule has 0 aliphatic heterocycles. The fourth-order valence-electron chi connectivity index (χ4n) is 2.57. The number of amides is 3. The lowest BCUT2D eigenvalue weighted by Gasteiger charge is -2.21. The minimum absolute atomic E-state index is 0.0148. The number of aromatic nitrogens is 1. The number of methoxy groups -OCH3 is 2. The Kier molecular flexibility index (Phi) is 9.75. The first-order chi connectivity index (χ1) is 14.5. The highest BCUT2D eigenvalue weighted by Gasteiger charge is 2.19. The van der Waals surface area contributed by atoms with Gasteiger partial charge in [-0.05, 0) is 25.0 Å². The third kappa shape index (κ3) is 7.45. The Bertz CT molecular complexity index is 814. The van der Waals surface area contributed by atoms with Gasteiger partial charge in [0.2, 0.25) is 5.89 Å². The first kappa shape index (κ1) is 23.3. The van der Waals surface area contributed by atoms with Crippen LogP contribution in [0, 0.1) is 5.82 Å². The van der Waals surface area contributed by atoms with E-state index in [1.54, 1.807) is 20.3 Å². The highest BCUT2D eigenvalue weighted by Crippen LogP contribution is 2.14. The van der Waals surface area contributed by atoms with E-state index in [0.717, 1.165) is 0 Å². The molecule has 2 N–H and O–H groups in total. The van der Waals surface area contributed by atoms with E-state index in [1.165, 1.54) is 29.4 Å². The summed E-state index contributed by atoms with van der Waals surface area (Å²) in [5.41, 5.74) is 0.191. The zero-order valence-electron chi connectivity index (χ0n) is 17.2. The summed E-state index contributed by atoms with van der Waals surface area (Å²) in [6, 6.07) is 5.38. The number of anilines is 1. The average Bonchev–Trinajstić information content (AvgIpc) is 3.21. The minimum atomic E-state index is -0.536.